The molecule has 1 N–H and O–H groups in total. The van der Waals surface area contributed by atoms with Crippen molar-refractivity contribution in [1.29, 1.82) is 0 Å². The molecular weight excluding hydrogens is 262 g/mol. The van der Waals surface area contributed by atoms with Crippen LogP contribution in [0.1, 0.15) is 26.3 Å². The number of nitrogens with zero attached hydrogens (tertiary/aromatic N) is 2. The molecule has 1 saturated heterocycles. The molecule has 0 radical (unpaired) electrons. The predicted octanol–water partition coefficient (Wildman–Crippen LogP) is 2.46. The van der Waals surface area contributed by atoms with Gasteiger partial charge in [0.05, 0.1) is 24.3 Å². The van der Waals surface area contributed by atoms with E-state index in [0.717, 1.165) is 42.7 Å². The molecular formula is C14H22ClN3O. The van der Waals surface area contributed by atoms with Crippen LogP contribution in [-0.2, 0) is 11.3 Å². The quantitative estimate of drug-likeness (QED) is 0.921. The second kappa shape index (κ2) is 6.55. The van der Waals surface area contributed by atoms with Gasteiger partial charge in [-0.05, 0) is 18.6 Å². The van der Waals surface area contributed by atoms with E-state index in [4.69, 9.17) is 16.3 Å². The van der Waals surface area contributed by atoms with E-state index in [2.05, 4.69) is 36.0 Å². The Balaban J connectivity index is 2.10. The monoisotopic (exact) mass is 283 g/mol. The lowest BCUT2D eigenvalue weighted by atomic mass is 10.2. The van der Waals surface area contributed by atoms with Crippen LogP contribution < -0.4 is 10.2 Å². The molecule has 5 heteroatoms. The molecule has 106 valence electrons. The maximum Gasteiger partial charge on any atom is 0.147 e. The van der Waals surface area contributed by atoms with Gasteiger partial charge in [-0.15, -0.1) is 0 Å². The van der Waals surface area contributed by atoms with Gasteiger partial charge in [0, 0.05) is 25.3 Å². The van der Waals surface area contributed by atoms with E-state index < -0.39 is 0 Å². The zero-order valence-corrected chi connectivity index (χ0v) is 12.6. The largest absolute Gasteiger partial charge is 0.377 e. The minimum absolute atomic E-state index is 0.318. The van der Waals surface area contributed by atoms with Crippen molar-refractivity contribution < 1.29 is 4.74 Å². The second-order valence-electron chi connectivity index (χ2n) is 5.30. The van der Waals surface area contributed by atoms with E-state index >= 15 is 0 Å². The van der Waals surface area contributed by atoms with Gasteiger partial charge in [0.2, 0.25) is 0 Å². The number of rotatable bonds is 4. The third kappa shape index (κ3) is 3.81. The van der Waals surface area contributed by atoms with Crippen LogP contribution in [0.3, 0.4) is 0 Å². The molecule has 0 saturated carbocycles. The number of pyridine rings is 1. The molecule has 19 heavy (non-hydrogen) atoms. The van der Waals surface area contributed by atoms with Gasteiger partial charge in [0.25, 0.3) is 0 Å². The average molecular weight is 284 g/mol. The molecule has 0 aliphatic carbocycles. The van der Waals surface area contributed by atoms with Crippen molar-refractivity contribution in [3.05, 3.63) is 22.8 Å². The van der Waals surface area contributed by atoms with Crippen LogP contribution in [0, 0.1) is 0 Å². The molecule has 0 aromatic carbocycles. The van der Waals surface area contributed by atoms with Gasteiger partial charge in [-0.2, -0.15) is 0 Å². The maximum absolute atomic E-state index is 6.37. The third-order valence-electron chi connectivity index (χ3n) is 3.23. The molecule has 0 spiro atoms. The van der Waals surface area contributed by atoms with E-state index in [-0.39, 0.29) is 0 Å². The van der Waals surface area contributed by atoms with Crippen LogP contribution >= 0.6 is 11.6 Å². The Morgan fingerprint density at radius 3 is 3.00 bits per heavy atom. The lowest BCUT2D eigenvalue weighted by Gasteiger charge is -2.34. The highest BCUT2D eigenvalue weighted by atomic mass is 35.5. The average Bonchev–Trinajstić information content (AvgIpc) is 2.38. The lowest BCUT2D eigenvalue weighted by Crippen LogP contribution is -2.44. The van der Waals surface area contributed by atoms with Crippen LogP contribution in [0.2, 0.25) is 5.02 Å². The van der Waals surface area contributed by atoms with Crippen molar-refractivity contribution in [3.8, 4) is 0 Å². The van der Waals surface area contributed by atoms with Crippen LogP contribution in [-0.4, -0.2) is 36.8 Å². The number of morpholine rings is 1. The van der Waals surface area contributed by atoms with Crippen molar-refractivity contribution >= 4 is 17.4 Å². The van der Waals surface area contributed by atoms with Crippen LogP contribution in [0.15, 0.2) is 12.3 Å². The summed E-state index contributed by atoms with van der Waals surface area (Å²) in [7, 11) is 0. The Labute approximate surface area is 120 Å². The molecule has 1 aromatic heterocycles. The molecule has 1 fully saturated rings. The fraction of sp³-hybridized carbons (Fsp3) is 0.643. The molecule has 2 rings (SSSR count). The molecule has 0 amide bonds. The summed E-state index contributed by atoms with van der Waals surface area (Å²) in [6.45, 7) is 9.48. The van der Waals surface area contributed by atoms with Crippen molar-refractivity contribution in [3.63, 3.8) is 0 Å². The van der Waals surface area contributed by atoms with E-state index in [1.807, 2.05) is 12.3 Å². The first-order chi connectivity index (χ1) is 9.08. The fourth-order valence-corrected chi connectivity index (χ4v) is 2.44. The standard InChI is InChI=1S/C14H22ClN3O/c1-10(2)16-7-12-6-13(15)14(17-8-12)18-4-5-19-9-11(18)3/h6,8,10-11,16H,4-5,7,9H2,1-3H3. The van der Waals surface area contributed by atoms with Crippen LogP contribution in [0.4, 0.5) is 5.82 Å². The molecule has 1 aliphatic heterocycles. The predicted molar refractivity (Wildman–Crippen MR) is 78.8 cm³/mol. The normalized spacial score (nSPS) is 20.1. The summed E-state index contributed by atoms with van der Waals surface area (Å²) in [6, 6.07) is 2.78. The summed E-state index contributed by atoms with van der Waals surface area (Å²) in [5, 5.41) is 4.08. The summed E-state index contributed by atoms with van der Waals surface area (Å²) in [5.74, 6) is 0.866. The molecule has 1 aromatic rings. The van der Waals surface area contributed by atoms with Gasteiger partial charge in [0.1, 0.15) is 5.82 Å². The Morgan fingerprint density at radius 2 is 2.37 bits per heavy atom. The van der Waals surface area contributed by atoms with Gasteiger partial charge in [-0.1, -0.05) is 25.4 Å². The summed E-state index contributed by atoms with van der Waals surface area (Å²) in [4.78, 5) is 6.74. The van der Waals surface area contributed by atoms with Crippen molar-refractivity contribution in [2.24, 2.45) is 0 Å². The van der Waals surface area contributed by atoms with Gasteiger partial charge in [0.15, 0.2) is 0 Å². The van der Waals surface area contributed by atoms with Crippen molar-refractivity contribution in [2.75, 3.05) is 24.7 Å². The van der Waals surface area contributed by atoms with E-state index in [1.165, 1.54) is 0 Å². The Morgan fingerprint density at radius 1 is 1.58 bits per heavy atom. The Bertz CT molecular complexity index is 425. The zero-order valence-electron chi connectivity index (χ0n) is 11.8. The zero-order chi connectivity index (χ0) is 13.8. The van der Waals surface area contributed by atoms with Crippen molar-refractivity contribution in [1.82, 2.24) is 10.3 Å². The number of anilines is 1. The summed E-state index contributed by atoms with van der Waals surface area (Å²) in [5.41, 5.74) is 1.11. The minimum Gasteiger partial charge on any atom is -0.377 e. The number of aromatic nitrogens is 1. The molecule has 0 bridgehead atoms. The van der Waals surface area contributed by atoms with Crippen LogP contribution in [0.5, 0.6) is 0 Å². The number of hydrogen-bond donors (Lipinski definition) is 1. The number of halogens is 1. The summed E-state index contributed by atoms with van der Waals surface area (Å²) in [6.07, 6.45) is 1.90. The van der Waals surface area contributed by atoms with Crippen LogP contribution in [0.25, 0.3) is 0 Å². The second-order valence-corrected chi connectivity index (χ2v) is 5.71. The topological polar surface area (TPSA) is 37.4 Å². The third-order valence-corrected chi connectivity index (χ3v) is 3.51. The number of nitrogens with one attached hydrogen (secondary N) is 1. The van der Waals surface area contributed by atoms with Gasteiger partial charge >= 0.3 is 0 Å². The molecule has 1 unspecified atom stereocenters. The summed E-state index contributed by atoms with van der Waals surface area (Å²) < 4.78 is 5.44. The SMILES string of the molecule is CC(C)NCc1cnc(N2CCOCC2C)c(Cl)c1. The lowest BCUT2D eigenvalue weighted by molar-refractivity contribution is 0.0985. The van der Waals surface area contributed by atoms with Crippen molar-refractivity contribution in [2.45, 2.75) is 39.4 Å². The summed E-state index contributed by atoms with van der Waals surface area (Å²) >= 11 is 6.37. The first-order valence-electron chi connectivity index (χ1n) is 6.80. The van der Waals surface area contributed by atoms with Gasteiger partial charge in [-0.3, -0.25) is 0 Å². The van der Waals surface area contributed by atoms with E-state index in [9.17, 15) is 0 Å². The maximum atomic E-state index is 6.37. The molecule has 1 atom stereocenters. The number of ether oxygens (including phenoxy) is 1. The Hall–Kier alpha value is -0.840. The highest BCUT2D eigenvalue weighted by Gasteiger charge is 2.22. The Kier molecular flexibility index (Phi) is 5.02. The molecule has 1 aliphatic rings. The molecule has 4 nitrogen and oxygen atoms in total. The van der Waals surface area contributed by atoms with E-state index in [1.54, 1.807) is 0 Å². The highest BCUT2D eigenvalue weighted by molar-refractivity contribution is 6.33. The smallest absolute Gasteiger partial charge is 0.147 e. The fourth-order valence-electron chi connectivity index (χ4n) is 2.14. The first-order valence-corrected chi connectivity index (χ1v) is 7.18. The minimum atomic E-state index is 0.318. The van der Waals surface area contributed by atoms with Gasteiger partial charge < -0.3 is 15.0 Å². The number of hydrogen-bond acceptors (Lipinski definition) is 4. The van der Waals surface area contributed by atoms with Gasteiger partial charge in [-0.25, -0.2) is 4.98 Å². The first kappa shape index (κ1) is 14.6. The highest BCUT2D eigenvalue weighted by Crippen LogP contribution is 2.26. The molecule has 2 heterocycles. The van der Waals surface area contributed by atoms with E-state index in [0.29, 0.717) is 12.1 Å².